The number of ether oxygens (including phenoxy) is 2. The van der Waals surface area contributed by atoms with Crippen LogP contribution in [-0.4, -0.2) is 84.4 Å². The van der Waals surface area contributed by atoms with Crippen LogP contribution in [0.3, 0.4) is 0 Å². The normalized spacial score (nSPS) is 22.3. The molecule has 11 heteroatoms. The molecule has 3 N–H and O–H groups in total. The summed E-state index contributed by atoms with van der Waals surface area (Å²) in [7, 11) is 1.84. The molecule has 2 aliphatic rings. The summed E-state index contributed by atoms with van der Waals surface area (Å²) in [5, 5.41) is 15.6. The second-order valence-electron chi connectivity index (χ2n) is 13.2. The number of nitrogens with zero attached hydrogens (tertiary/aromatic N) is 2. The summed E-state index contributed by atoms with van der Waals surface area (Å²) in [5.41, 5.74) is 1.03. The van der Waals surface area contributed by atoms with Gasteiger partial charge in [-0.2, -0.15) is 0 Å². The number of rotatable bonds is 7. The van der Waals surface area contributed by atoms with Gasteiger partial charge in [0.2, 0.25) is 5.91 Å². The van der Waals surface area contributed by atoms with Crippen LogP contribution in [0, 0.1) is 17.7 Å². The topological polar surface area (TPSA) is 120 Å². The molecule has 1 fully saturated rings. The van der Waals surface area contributed by atoms with Gasteiger partial charge in [-0.05, 0) is 88.4 Å². The number of aliphatic hydroxyl groups is 1. The van der Waals surface area contributed by atoms with Crippen LogP contribution in [0.1, 0.15) is 82.5 Å². The summed E-state index contributed by atoms with van der Waals surface area (Å²) < 4.78 is 26.0. The number of carbonyl (C=O) groups excluding carboxylic acids is 3. The lowest BCUT2D eigenvalue weighted by molar-refractivity contribution is -0.137. The summed E-state index contributed by atoms with van der Waals surface area (Å²) in [5.74, 6) is -0.344. The standard InChI is InChI=1S/C36H51FN4O6/c1-24-21-41(25(2)23-42)35(44)31-20-30(39-36(45)38-29-15-13-28(37)14-16-29)17-18-32(31)47-26(3)10-8-9-19-46-33(24)22-40(4)34(43)27-11-6-5-7-12-27/h13-18,20,24-27,33,42H,5-12,19,21-23H2,1-4H3,(H2,38,39,45)/t24-,25-,26-,33-/m0/s1. The number of benzene rings is 2. The van der Waals surface area contributed by atoms with Gasteiger partial charge in [0.1, 0.15) is 11.6 Å². The molecule has 4 amide bonds. The van der Waals surface area contributed by atoms with Gasteiger partial charge in [-0.15, -0.1) is 0 Å². The van der Waals surface area contributed by atoms with Crippen LogP contribution in [0.5, 0.6) is 5.75 Å². The van der Waals surface area contributed by atoms with Crippen LogP contribution in [0.15, 0.2) is 42.5 Å². The fourth-order valence-electron chi connectivity index (χ4n) is 6.31. The van der Waals surface area contributed by atoms with Crippen LogP contribution in [-0.2, 0) is 9.53 Å². The fourth-order valence-corrected chi connectivity index (χ4v) is 6.31. The number of nitrogens with one attached hydrogen (secondary N) is 2. The zero-order valence-corrected chi connectivity index (χ0v) is 28.2. The molecule has 0 unspecified atom stereocenters. The van der Waals surface area contributed by atoms with E-state index in [0.29, 0.717) is 30.3 Å². The van der Waals surface area contributed by atoms with E-state index in [-0.39, 0.29) is 54.6 Å². The molecule has 2 aromatic carbocycles. The lowest BCUT2D eigenvalue weighted by Crippen LogP contribution is -2.48. The molecule has 0 bridgehead atoms. The second kappa shape index (κ2) is 17.5. The Morgan fingerprint density at radius 3 is 2.36 bits per heavy atom. The van der Waals surface area contributed by atoms with Crippen LogP contribution >= 0.6 is 0 Å². The molecule has 4 rings (SSSR count). The highest BCUT2D eigenvalue weighted by molar-refractivity contribution is 6.02. The van der Waals surface area contributed by atoms with Crippen molar-refractivity contribution in [2.75, 3.05) is 44.0 Å². The number of likely N-dealkylation sites (N-methyl/N-ethyl adjacent to an activating group) is 1. The van der Waals surface area contributed by atoms with Gasteiger partial charge < -0.3 is 35.0 Å². The first-order valence-electron chi connectivity index (χ1n) is 17.0. The Morgan fingerprint density at radius 1 is 1.00 bits per heavy atom. The summed E-state index contributed by atoms with van der Waals surface area (Å²) in [4.78, 5) is 43.8. The van der Waals surface area contributed by atoms with Crippen molar-refractivity contribution in [3.63, 3.8) is 0 Å². The first-order chi connectivity index (χ1) is 22.5. The van der Waals surface area contributed by atoms with E-state index < -0.39 is 17.9 Å². The third-order valence-corrected chi connectivity index (χ3v) is 9.20. The van der Waals surface area contributed by atoms with Crippen molar-refractivity contribution in [3.8, 4) is 5.75 Å². The number of fused-ring (bicyclic) bond motifs is 1. The third kappa shape index (κ3) is 10.4. The van der Waals surface area contributed by atoms with Gasteiger partial charge in [0, 0.05) is 50.0 Å². The van der Waals surface area contributed by atoms with Crippen molar-refractivity contribution in [1.29, 1.82) is 0 Å². The molecule has 0 aromatic heterocycles. The van der Waals surface area contributed by atoms with Crippen molar-refractivity contribution in [2.45, 2.75) is 90.4 Å². The summed E-state index contributed by atoms with van der Waals surface area (Å²) in [6.07, 6.45) is 7.11. The van der Waals surface area contributed by atoms with Crippen LogP contribution in [0.2, 0.25) is 0 Å². The minimum atomic E-state index is -0.555. The van der Waals surface area contributed by atoms with Gasteiger partial charge in [0.15, 0.2) is 0 Å². The van der Waals surface area contributed by atoms with Gasteiger partial charge in [-0.1, -0.05) is 26.2 Å². The first-order valence-corrected chi connectivity index (χ1v) is 17.0. The van der Waals surface area contributed by atoms with Gasteiger partial charge in [0.05, 0.1) is 30.4 Å². The minimum absolute atomic E-state index is 0.0496. The smallest absolute Gasteiger partial charge is 0.323 e. The highest BCUT2D eigenvalue weighted by Gasteiger charge is 2.32. The number of anilines is 2. The first kappa shape index (κ1) is 36.1. The molecule has 1 saturated carbocycles. The number of carbonyl (C=O) groups is 3. The number of hydrogen-bond donors (Lipinski definition) is 3. The number of halogens is 1. The molecular formula is C36H51FN4O6. The Balaban J connectivity index is 1.58. The van der Waals surface area contributed by atoms with Crippen LogP contribution in [0.4, 0.5) is 20.6 Å². The SMILES string of the molecule is C[C@H]1CCCCO[C@@H](CN(C)C(=O)C2CCCCC2)[C@@H](C)CN([C@@H](C)CO)C(=O)c2cc(NC(=O)Nc3ccc(F)cc3)ccc2O1. The number of hydrogen-bond acceptors (Lipinski definition) is 6. The van der Waals surface area contributed by atoms with E-state index in [1.54, 1.807) is 34.9 Å². The highest BCUT2D eigenvalue weighted by Crippen LogP contribution is 2.29. The Labute approximate surface area is 278 Å². The molecule has 1 heterocycles. The zero-order valence-electron chi connectivity index (χ0n) is 28.2. The number of aliphatic hydroxyl groups excluding tert-OH is 1. The summed E-state index contributed by atoms with van der Waals surface area (Å²) in [6.45, 7) is 6.71. The van der Waals surface area contributed by atoms with Gasteiger partial charge >= 0.3 is 6.03 Å². The van der Waals surface area contributed by atoms with Gasteiger partial charge in [-0.3, -0.25) is 9.59 Å². The van der Waals surface area contributed by atoms with Crippen molar-refractivity contribution < 1.29 is 33.4 Å². The lowest BCUT2D eigenvalue weighted by atomic mass is 9.88. The maximum Gasteiger partial charge on any atom is 0.323 e. The van der Waals surface area contributed by atoms with Gasteiger partial charge in [0.25, 0.3) is 5.91 Å². The molecule has 4 atom stereocenters. The van der Waals surface area contributed by atoms with E-state index in [1.807, 2.05) is 20.9 Å². The van der Waals surface area contributed by atoms with Gasteiger partial charge in [-0.25, -0.2) is 9.18 Å². The molecule has 2 aromatic rings. The average molecular weight is 655 g/mol. The monoisotopic (exact) mass is 654 g/mol. The fraction of sp³-hybridized carbons (Fsp3) is 0.583. The second-order valence-corrected chi connectivity index (χ2v) is 13.2. The molecule has 1 aliphatic heterocycles. The predicted octanol–water partition coefficient (Wildman–Crippen LogP) is 6.30. The minimum Gasteiger partial charge on any atom is -0.490 e. The molecule has 0 spiro atoms. The maximum atomic E-state index is 14.3. The Hall–Kier alpha value is -3.70. The molecule has 1 aliphatic carbocycles. The van der Waals surface area contributed by atoms with Crippen molar-refractivity contribution in [1.82, 2.24) is 9.80 Å². The molecule has 10 nitrogen and oxygen atoms in total. The Morgan fingerprint density at radius 2 is 1.66 bits per heavy atom. The Bertz CT molecular complexity index is 1340. The Kier molecular flexibility index (Phi) is 13.4. The van der Waals surface area contributed by atoms with Crippen molar-refractivity contribution >= 4 is 29.2 Å². The van der Waals surface area contributed by atoms with E-state index in [0.717, 1.165) is 44.9 Å². The molecule has 258 valence electrons. The predicted molar refractivity (Wildman–Crippen MR) is 180 cm³/mol. The van der Waals surface area contributed by atoms with E-state index in [9.17, 15) is 23.9 Å². The van der Waals surface area contributed by atoms with E-state index in [1.165, 1.54) is 30.7 Å². The number of amides is 4. The maximum absolute atomic E-state index is 14.3. The number of urea groups is 1. The summed E-state index contributed by atoms with van der Waals surface area (Å²) >= 11 is 0. The van der Waals surface area contributed by atoms with Crippen molar-refractivity contribution in [3.05, 3.63) is 53.8 Å². The van der Waals surface area contributed by atoms with Crippen LogP contribution in [0.25, 0.3) is 0 Å². The average Bonchev–Trinajstić information content (AvgIpc) is 3.07. The van der Waals surface area contributed by atoms with Crippen molar-refractivity contribution in [2.24, 2.45) is 11.8 Å². The third-order valence-electron chi connectivity index (χ3n) is 9.20. The van der Waals surface area contributed by atoms with E-state index >= 15 is 0 Å². The molecular weight excluding hydrogens is 603 g/mol. The highest BCUT2D eigenvalue weighted by atomic mass is 19.1. The largest absolute Gasteiger partial charge is 0.490 e. The summed E-state index contributed by atoms with van der Waals surface area (Å²) in [6, 6.07) is 9.23. The van der Waals surface area contributed by atoms with E-state index in [2.05, 4.69) is 10.6 Å². The molecule has 47 heavy (non-hydrogen) atoms. The van der Waals surface area contributed by atoms with Crippen LogP contribution < -0.4 is 15.4 Å². The lowest BCUT2D eigenvalue weighted by Gasteiger charge is -2.36. The molecule has 0 radical (unpaired) electrons. The molecule has 0 saturated heterocycles. The zero-order chi connectivity index (χ0) is 33.9. The van der Waals surface area contributed by atoms with E-state index in [4.69, 9.17) is 9.47 Å². The quantitative estimate of drug-likeness (QED) is 0.322.